The Bertz CT molecular complexity index is 700. The Morgan fingerprint density at radius 2 is 1.78 bits per heavy atom. The number of halogens is 1. The van der Waals surface area contributed by atoms with E-state index in [-0.39, 0.29) is 11.8 Å². The lowest BCUT2D eigenvalue weighted by molar-refractivity contribution is 0.208. The van der Waals surface area contributed by atoms with Crippen molar-refractivity contribution in [3.8, 4) is 5.75 Å². The molecule has 3 rings (SSSR count). The van der Waals surface area contributed by atoms with Crippen molar-refractivity contribution in [1.82, 2.24) is 4.90 Å². The molecule has 1 heterocycles. The van der Waals surface area contributed by atoms with E-state index in [1.807, 2.05) is 41.3 Å². The van der Waals surface area contributed by atoms with Crippen LogP contribution in [-0.4, -0.2) is 42.2 Å². The summed E-state index contributed by atoms with van der Waals surface area (Å²) in [4.78, 5) is 16.4. The van der Waals surface area contributed by atoms with Crippen LogP contribution in [-0.2, 0) is 0 Å². The van der Waals surface area contributed by atoms with Gasteiger partial charge in [-0.2, -0.15) is 0 Å². The molecule has 1 fully saturated rings. The summed E-state index contributed by atoms with van der Waals surface area (Å²) in [6, 6.07) is 14.9. The monoisotopic (exact) mass is 423 g/mol. The van der Waals surface area contributed by atoms with Crippen molar-refractivity contribution < 1.29 is 9.90 Å². The van der Waals surface area contributed by atoms with Gasteiger partial charge in [0.2, 0.25) is 0 Å². The van der Waals surface area contributed by atoms with Gasteiger partial charge in [-0.15, -0.1) is 0 Å². The lowest BCUT2D eigenvalue weighted by atomic mass is 10.2. The number of piperazine rings is 1. The van der Waals surface area contributed by atoms with Gasteiger partial charge in [-0.25, -0.2) is 4.79 Å². The fraction of sp³-hybridized carbons (Fsp3) is 0.235. The molecular formula is C17H18IN3O2. The number of urea groups is 1. The predicted octanol–water partition coefficient (Wildman–Crippen LogP) is 3.35. The average Bonchev–Trinajstić information content (AvgIpc) is 2.57. The minimum Gasteiger partial charge on any atom is -0.508 e. The Kier molecular flexibility index (Phi) is 4.90. The summed E-state index contributed by atoms with van der Waals surface area (Å²) in [7, 11) is 0. The lowest BCUT2D eigenvalue weighted by Crippen LogP contribution is -2.50. The summed E-state index contributed by atoms with van der Waals surface area (Å²) in [5.74, 6) is 0.265. The summed E-state index contributed by atoms with van der Waals surface area (Å²) >= 11 is 2.21. The minimum absolute atomic E-state index is 0.0651. The maximum absolute atomic E-state index is 12.4. The van der Waals surface area contributed by atoms with Crippen molar-refractivity contribution in [2.75, 3.05) is 36.4 Å². The van der Waals surface area contributed by atoms with Crippen LogP contribution in [0.2, 0.25) is 0 Å². The third-order valence-electron chi connectivity index (χ3n) is 3.88. The number of amides is 2. The van der Waals surface area contributed by atoms with Crippen LogP contribution in [0.3, 0.4) is 0 Å². The molecule has 1 aliphatic heterocycles. The largest absolute Gasteiger partial charge is 0.508 e. The summed E-state index contributed by atoms with van der Waals surface area (Å²) in [6.07, 6.45) is 0. The van der Waals surface area contributed by atoms with E-state index < -0.39 is 0 Å². The Morgan fingerprint density at radius 1 is 1.04 bits per heavy atom. The molecule has 1 saturated heterocycles. The molecule has 6 heteroatoms. The number of phenolic OH excluding ortho intramolecular Hbond substituents is 1. The highest BCUT2D eigenvalue weighted by Crippen LogP contribution is 2.22. The second kappa shape index (κ2) is 7.08. The van der Waals surface area contributed by atoms with Gasteiger partial charge >= 0.3 is 6.03 Å². The van der Waals surface area contributed by atoms with Crippen molar-refractivity contribution >= 4 is 40.0 Å². The van der Waals surface area contributed by atoms with E-state index in [1.54, 1.807) is 12.1 Å². The number of hydrogen-bond donors (Lipinski definition) is 2. The Balaban J connectivity index is 1.58. The average molecular weight is 423 g/mol. The van der Waals surface area contributed by atoms with E-state index in [9.17, 15) is 9.90 Å². The number of nitrogens with one attached hydrogen (secondary N) is 1. The fourth-order valence-electron chi connectivity index (χ4n) is 2.61. The number of rotatable bonds is 2. The molecule has 0 saturated carbocycles. The van der Waals surface area contributed by atoms with Crippen LogP contribution in [0.25, 0.3) is 0 Å². The van der Waals surface area contributed by atoms with Crippen LogP contribution in [0.15, 0.2) is 48.5 Å². The first-order valence-corrected chi connectivity index (χ1v) is 8.56. The quantitative estimate of drug-likeness (QED) is 0.729. The fourth-order valence-corrected chi connectivity index (χ4v) is 3.14. The van der Waals surface area contributed by atoms with Gasteiger partial charge in [0, 0.05) is 41.5 Å². The number of para-hydroxylation sites is 1. The molecular weight excluding hydrogens is 405 g/mol. The van der Waals surface area contributed by atoms with Crippen molar-refractivity contribution in [1.29, 1.82) is 0 Å². The summed E-state index contributed by atoms with van der Waals surface area (Å²) in [5, 5.41) is 12.5. The highest BCUT2D eigenvalue weighted by atomic mass is 127. The molecule has 0 bridgehead atoms. The first-order valence-electron chi connectivity index (χ1n) is 7.48. The van der Waals surface area contributed by atoms with Gasteiger partial charge in [0.15, 0.2) is 0 Å². The molecule has 0 aromatic heterocycles. The number of carbonyl (C=O) groups is 1. The van der Waals surface area contributed by atoms with E-state index >= 15 is 0 Å². The number of benzene rings is 2. The molecule has 23 heavy (non-hydrogen) atoms. The molecule has 2 aromatic rings. The molecule has 120 valence electrons. The molecule has 0 atom stereocenters. The molecule has 2 N–H and O–H groups in total. The second-order valence-electron chi connectivity index (χ2n) is 5.40. The smallest absolute Gasteiger partial charge is 0.321 e. The highest BCUT2D eigenvalue weighted by molar-refractivity contribution is 14.1. The zero-order valence-corrected chi connectivity index (χ0v) is 14.7. The summed E-state index contributed by atoms with van der Waals surface area (Å²) in [5.41, 5.74) is 1.83. The van der Waals surface area contributed by atoms with E-state index in [1.165, 1.54) is 0 Å². The number of nitrogens with zero attached hydrogens (tertiary/aromatic N) is 2. The first-order chi connectivity index (χ1) is 11.1. The molecule has 0 unspecified atom stereocenters. The van der Waals surface area contributed by atoms with E-state index in [0.29, 0.717) is 13.1 Å². The summed E-state index contributed by atoms with van der Waals surface area (Å²) < 4.78 is 1.02. The zero-order chi connectivity index (χ0) is 16.2. The van der Waals surface area contributed by atoms with Crippen LogP contribution in [0.5, 0.6) is 5.75 Å². The number of anilines is 2. The number of hydrogen-bond acceptors (Lipinski definition) is 3. The first kappa shape index (κ1) is 15.9. The number of carbonyl (C=O) groups excluding carboxylic acids is 1. The molecule has 2 amide bonds. The third kappa shape index (κ3) is 3.87. The van der Waals surface area contributed by atoms with Crippen LogP contribution >= 0.6 is 22.6 Å². The molecule has 2 aromatic carbocycles. The minimum atomic E-state index is -0.0651. The van der Waals surface area contributed by atoms with Crippen molar-refractivity contribution in [2.24, 2.45) is 0 Å². The molecule has 5 nitrogen and oxygen atoms in total. The summed E-state index contributed by atoms with van der Waals surface area (Å²) in [6.45, 7) is 2.82. The van der Waals surface area contributed by atoms with E-state index in [2.05, 4.69) is 32.8 Å². The second-order valence-corrected chi connectivity index (χ2v) is 6.57. The van der Waals surface area contributed by atoms with E-state index in [0.717, 1.165) is 28.0 Å². The Labute approximate surface area is 149 Å². The highest BCUT2D eigenvalue weighted by Gasteiger charge is 2.21. The van der Waals surface area contributed by atoms with Crippen LogP contribution < -0.4 is 10.2 Å². The van der Waals surface area contributed by atoms with Gasteiger partial charge in [0.25, 0.3) is 0 Å². The zero-order valence-electron chi connectivity index (χ0n) is 12.6. The lowest BCUT2D eigenvalue weighted by Gasteiger charge is -2.36. The number of aromatic hydroxyl groups is 1. The standard InChI is InChI=1S/C17H18IN3O2/c18-15-6-1-2-7-16(15)19-17(23)21-10-8-20(9-11-21)13-4-3-5-14(22)12-13/h1-7,12,22H,8-11H2,(H,19,23). The van der Waals surface area contributed by atoms with Crippen molar-refractivity contribution in [2.45, 2.75) is 0 Å². The predicted molar refractivity (Wildman–Crippen MR) is 100 cm³/mol. The topological polar surface area (TPSA) is 55.8 Å². The van der Waals surface area contributed by atoms with Crippen LogP contribution in [0, 0.1) is 3.57 Å². The van der Waals surface area contributed by atoms with Crippen LogP contribution in [0.4, 0.5) is 16.2 Å². The van der Waals surface area contributed by atoms with Crippen LogP contribution in [0.1, 0.15) is 0 Å². The SMILES string of the molecule is O=C(Nc1ccccc1I)N1CCN(c2cccc(O)c2)CC1. The Hall–Kier alpha value is -1.96. The van der Waals surface area contributed by atoms with Gasteiger partial charge in [-0.3, -0.25) is 0 Å². The van der Waals surface area contributed by atoms with Crippen molar-refractivity contribution in [3.63, 3.8) is 0 Å². The maximum atomic E-state index is 12.4. The van der Waals surface area contributed by atoms with Gasteiger partial charge in [-0.1, -0.05) is 18.2 Å². The number of phenols is 1. The molecule has 0 aliphatic carbocycles. The maximum Gasteiger partial charge on any atom is 0.321 e. The molecule has 0 radical (unpaired) electrons. The normalized spacial score (nSPS) is 14.7. The van der Waals surface area contributed by atoms with Gasteiger partial charge in [-0.05, 0) is 46.9 Å². The third-order valence-corrected chi connectivity index (χ3v) is 4.82. The van der Waals surface area contributed by atoms with Gasteiger partial charge in [0.05, 0.1) is 5.69 Å². The van der Waals surface area contributed by atoms with E-state index in [4.69, 9.17) is 0 Å². The Morgan fingerprint density at radius 3 is 2.48 bits per heavy atom. The van der Waals surface area contributed by atoms with Gasteiger partial charge < -0.3 is 20.2 Å². The molecule has 1 aliphatic rings. The van der Waals surface area contributed by atoms with Crippen molar-refractivity contribution in [3.05, 3.63) is 52.1 Å². The van der Waals surface area contributed by atoms with Gasteiger partial charge in [0.1, 0.15) is 5.75 Å². The molecule has 0 spiro atoms.